The first-order valence-corrected chi connectivity index (χ1v) is 9.92. The molecule has 1 aromatic carbocycles. The van der Waals surface area contributed by atoms with E-state index in [9.17, 15) is 4.79 Å². The van der Waals surface area contributed by atoms with Crippen LogP contribution in [0.1, 0.15) is 44.0 Å². The lowest BCUT2D eigenvalue weighted by molar-refractivity contribution is -0.125. The highest BCUT2D eigenvalue weighted by Crippen LogP contribution is 2.25. The molecule has 25 heavy (non-hydrogen) atoms. The first-order chi connectivity index (χ1) is 12.3. The molecule has 1 aliphatic rings. The summed E-state index contributed by atoms with van der Waals surface area (Å²) >= 11 is 1.44. The topological polar surface area (TPSA) is 58.1 Å². The Bertz CT molecular complexity index is 673. The van der Waals surface area contributed by atoms with Gasteiger partial charge in [0.25, 0.3) is 0 Å². The van der Waals surface area contributed by atoms with Gasteiger partial charge in [0.15, 0.2) is 0 Å². The first kappa shape index (κ1) is 17.9. The molecule has 1 unspecified atom stereocenters. The summed E-state index contributed by atoms with van der Waals surface area (Å²) in [5.74, 6) is 1.11. The molecule has 1 N–H and O–H groups in total. The second kappa shape index (κ2) is 8.94. The lowest BCUT2D eigenvalue weighted by atomic mass is 9.97. The highest BCUT2D eigenvalue weighted by molar-refractivity contribution is 7.09. The van der Waals surface area contributed by atoms with Crippen LogP contribution in [-0.4, -0.2) is 34.9 Å². The van der Waals surface area contributed by atoms with Crippen molar-refractivity contribution in [2.45, 2.75) is 39.0 Å². The van der Waals surface area contributed by atoms with Crippen LogP contribution in [0.25, 0.3) is 0 Å². The van der Waals surface area contributed by atoms with Crippen LogP contribution in [0.3, 0.4) is 0 Å². The zero-order valence-electron chi connectivity index (χ0n) is 14.8. The van der Waals surface area contributed by atoms with Gasteiger partial charge in [-0.05, 0) is 24.8 Å². The third-order valence-electron chi connectivity index (χ3n) is 4.55. The van der Waals surface area contributed by atoms with E-state index in [1.54, 1.807) is 0 Å². The number of carbonyl (C=O) groups excluding carboxylic acids is 1. The highest BCUT2D eigenvalue weighted by atomic mass is 32.1. The number of carbonyl (C=O) groups is 1. The normalized spacial score (nSPS) is 17.5. The number of piperidine rings is 1. The minimum absolute atomic E-state index is 0.0621. The van der Waals surface area contributed by atoms with Gasteiger partial charge in [-0.1, -0.05) is 43.7 Å². The minimum Gasteiger partial charge on any atom is -0.356 e. The van der Waals surface area contributed by atoms with E-state index >= 15 is 0 Å². The summed E-state index contributed by atoms with van der Waals surface area (Å²) in [7, 11) is 0. The van der Waals surface area contributed by atoms with Gasteiger partial charge in [0.05, 0.1) is 5.92 Å². The monoisotopic (exact) mass is 358 g/mol. The zero-order valence-corrected chi connectivity index (χ0v) is 15.6. The molecule has 1 aromatic heterocycles. The molecular weight excluding hydrogens is 332 g/mol. The summed E-state index contributed by atoms with van der Waals surface area (Å²) in [5.41, 5.74) is 1.22. The molecule has 0 radical (unpaired) electrons. The van der Waals surface area contributed by atoms with E-state index in [2.05, 4.69) is 33.6 Å². The van der Waals surface area contributed by atoms with Gasteiger partial charge in [-0.3, -0.25) is 4.79 Å². The Morgan fingerprint density at radius 2 is 2.20 bits per heavy atom. The quantitative estimate of drug-likeness (QED) is 0.772. The van der Waals surface area contributed by atoms with Crippen molar-refractivity contribution in [1.82, 2.24) is 14.7 Å². The molecule has 0 saturated carbocycles. The second-order valence-electron chi connectivity index (χ2n) is 6.59. The molecule has 0 aliphatic carbocycles. The molecule has 0 bridgehead atoms. The van der Waals surface area contributed by atoms with Crippen molar-refractivity contribution in [3.8, 4) is 0 Å². The van der Waals surface area contributed by atoms with Crippen LogP contribution in [-0.2, 0) is 11.2 Å². The molecule has 1 saturated heterocycles. The fourth-order valence-electron chi connectivity index (χ4n) is 3.12. The van der Waals surface area contributed by atoms with Gasteiger partial charge in [-0.2, -0.15) is 4.37 Å². The fraction of sp³-hybridized carbons (Fsp3) is 0.526. The number of nitrogens with one attached hydrogen (secondary N) is 1. The number of nitrogens with zero attached hydrogens (tertiary/aromatic N) is 3. The van der Waals surface area contributed by atoms with Crippen LogP contribution < -0.4 is 10.2 Å². The van der Waals surface area contributed by atoms with Crippen molar-refractivity contribution in [2.24, 2.45) is 5.92 Å². The molecule has 3 rings (SSSR count). The van der Waals surface area contributed by atoms with Crippen molar-refractivity contribution in [1.29, 1.82) is 0 Å². The van der Waals surface area contributed by atoms with E-state index in [0.717, 1.165) is 62.7 Å². The van der Waals surface area contributed by atoms with Gasteiger partial charge >= 0.3 is 0 Å². The van der Waals surface area contributed by atoms with Gasteiger partial charge in [0.2, 0.25) is 11.0 Å². The number of hydrogen-bond acceptors (Lipinski definition) is 5. The number of hydrogen-bond donors (Lipinski definition) is 1. The van der Waals surface area contributed by atoms with E-state index in [4.69, 9.17) is 4.98 Å². The van der Waals surface area contributed by atoms with Gasteiger partial charge in [-0.15, -0.1) is 0 Å². The Kier molecular flexibility index (Phi) is 6.39. The number of aromatic nitrogens is 2. The summed E-state index contributed by atoms with van der Waals surface area (Å²) in [6.45, 7) is 4.62. The van der Waals surface area contributed by atoms with Gasteiger partial charge in [0.1, 0.15) is 5.82 Å². The van der Waals surface area contributed by atoms with Crippen LogP contribution in [0.2, 0.25) is 0 Å². The van der Waals surface area contributed by atoms with Crippen molar-refractivity contribution in [3.63, 3.8) is 0 Å². The molecule has 5 nitrogen and oxygen atoms in total. The number of amides is 1. The SMILES string of the molecule is CCCCNC(=O)C1CCCN(c2nc(Cc3ccccc3)ns2)C1. The summed E-state index contributed by atoms with van der Waals surface area (Å²) in [6, 6.07) is 10.3. The third-order valence-corrected chi connectivity index (χ3v) is 5.37. The van der Waals surface area contributed by atoms with Crippen LogP contribution in [0.15, 0.2) is 30.3 Å². The molecule has 1 fully saturated rings. The Labute approximate surface area is 153 Å². The van der Waals surface area contributed by atoms with E-state index < -0.39 is 0 Å². The van der Waals surface area contributed by atoms with Crippen molar-refractivity contribution >= 4 is 22.6 Å². The number of rotatable bonds is 7. The lowest BCUT2D eigenvalue weighted by Gasteiger charge is -2.31. The highest BCUT2D eigenvalue weighted by Gasteiger charge is 2.27. The standard InChI is InChI=1S/C19H26N4OS/c1-2-3-11-20-18(24)16-10-7-12-23(14-16)19-21-17(22-25-19)13-15-8-5-4-6-9-15/h4-6,8-9,16H,2-3,7,10-14H2,1H3,(H,20,24). The Balaban J connectivity index is 1.57. The average Bonchev–Trinajstić information content (AvgIpc) is 3.11. The third kappa shape index (κ3) is 5.01. The van der Waals surface area contributed by atoms with Crippen molar-refractivity contribution < 1.29 is 4.79 Å². The summed E-state index contributed by atoms with van der Waals surface area (Å²) in [6.07, 6.45) is 4.89. The molecule has 0 spiro atoms. The Morgan fingerprint density at radius 1 is 1.36 bits per heavy atom. The van der Waals surface area contributed by atoms with E-state index in [0.29, 0.717) is 0 Å². The van der Waals surface area contributed by atoms with Crippen molar-refractivity contribution in [2.75, 3.05) is 24.5 Å². The zero-order chi connectivity index (χ0) is 17.5. The van der Waals surface area contributed by atoms with Gasteiger partial charge < -0.3 is 10.2 Å². The molecule has 1 atom stereocenters. The summed E-state index contributed by atoms with van der Waals surface area (Å²) < 4.78 is 4.51. The predicted octanol–water partition coefficient (Wildman–Crippen LogP) is 3.26. The van der Waals surface area contributed by atoms with Crippen LogP contribution in [0.4, 0.5) is 5.13 Å². The molecular formula is C19H26N4OS. The number of anilines is 1. The average molecular weight is 359 g/mol. The molecule has 134 valence electrons. The maximum Gasteiger partial charge on any atom is 0.224 e. The number of unbranched alkanes of at least 4 members (excludes halogenated alkanes) is 1. The van der Waals surface area contributed by atoms with E-state index in [-0.39, 0.29) is 11.8 Å². The van der Waals surface area contributed by atoms with Crippen LogP contribution >= 0.6 is 11.5 Å². The largest absolute Gasteiger partial charge is 0.356 e. The second-order valence-corrected chi connectivity index (χ2v) is 7.32. The Morgan fingerprint density at radius 3 is 3.00 bits per heavy atom. The molecule has 6 heteroatoms. The first-order valence-electron chi connectivity index (χ1n) is 9.15. The van der Waals surface area contributed by atoms with Gasteiger partial charge in [0, 0.05) is 37.6 Å². The van der Waals surface area contributed by atoms with Gasteiger partial charge in [-0.25, -0.2) is 4.98 Å². The molecule has 1 amide bonds. The summed E-state index contributed by atoms with van der Waals surface area (Å²) in [4.78, 5) is 19.2. The van der Waals surface area contributed by atoms with Crippen molar-refractivity contribution in [3.05, 3.63) is 41.7 Å². The van der Waals surface area contributed by atoms with Crippen LogP contribution in [0.5, 0.6) is 0 Å². The predicted molar refractivity (Wildman–Crippen MR) is 102 cm³/mol. The number of benzene rings is 1. The minimum atomic E-state index is 0.0621. The van der Waals surface area contributed by atoms with E-state index in [1.807, 2.05) is 18.2 Å². The maximum absolute atomic E-state index is 12.3. The smallest absolute Gasteiger partial charge is 0.224 e. The molecule has 2 aromatic rings. The fourth-order valence-corrected chi connectivity index (χ4v) is 3.84. The molecule has 2 heterocycles. The Hall–Kier alpha value is -1.95. The summed E-state index contributed by atoms with van der Waals surface area (Å²) in [5, 5.41) is 4.01. The maximum atomic E-state index is 12.3. The van der Waals surface area contributed by atoms with Crippen LogP contribution in [0, 0.1) is 5.92 Å². The lowest BCUT2D eigenvalue weighted by Crippen LogP contribution is -2.43. The van der Waals surface area contributed by atoms with E-state index in [1.165, 1.54) is 17.1 Å². The molecule has 1 aliphatic heterocycles.